The molecule has 2 heterocycles. The summed E-state index contributed by atoms with van der Waals surface area (Å²) in [5.41, 5.74) is 0.273. The molecule has 1 fully saturated rings. The van der Waals surface area contributed by atoms with Crippen molar-refractivity contribution < 1.29 is 17.9 Å². The van der Waals surface area contributed by atoms with Crippen LogP contribution in [0.2, 0.25) is 0 Å². The Morgan fingerprint density at radius 3 is 2.83 bits per heavy atom. The van der Waals surface area contributed by atoms with E-state index in [1.165, 1.54) is 23.9 Å². The zero-order chi connectivity index (χ0) is 16.4. The standard InChI is InChI=1S/C15H14BrF3N2OS/c16-14-8-12(20-21-14)13-7-11(4-5-22-13)23-10-3-1-2-9(6-10)15(17,18)19/h1-3,6,8,11,13H,4-5,7H2,(H,20,21). The van der Waals surface area contributed by atoms with Gasteiger partial charge in [0.05, 0.1) is 17.4 Å². The fraction of sp³-hybridized carbons (Fsp3) is 0.400. The summed E-state index contributed by atoms with van der Waals surface area (Å²) in [6.45, 7) is 0.581. The highest BCUT2D eigenvalue weighted by Crippen LogP contribution is 2.39. The molecule has 23 heavy (non-hydrogen) atoms. The van der Waals surface area contributed by atoms with Crippen molar-refractivity contribution in [3.8, 4) is 0 Å². The first-order valence-corrected chi connectivity index (χ1v) is 8.75. The third-order valence-corrected chi connectivity index (χ3v) is 5.31. The zero-order valence-corrected chi connectivity index (χ0v) is 14.3. The van der Waals surface area contributed by atoms with Crippen LogP contribution in [0.5, 0.6) is 0 Å². The molecule has 2 unspecified atom stereocenters. The van der Waals surface area contributed by atoms with Gasteiger partial charge < -0.3 is 4.74 Å². The molecule has 0 radical (unpaired) electrons. The maximum atomic E-state index is 12.8. The molecule has 0 amide bonds. The van der Waals surface area contributed by atoms with Crippen molar-refractivity contribution in [3.05, 3.63) is 46.2 Å². The van der Waals surface area contributed by atoms with Gasteiger partial charge in [-0.15, -0.1) is 11.8 Å². The number of hydrogen-bond donors (Lipinski definition) is 1. The third kappa shape index (κ3) is 4.30. The number of ether oxygens (including phenoxy) is 1. The van der Waals surface area contributed by atoms with Crippen LogP contribution in [0.1, 0.15) is 30.2 Å². The lowest BCUT2D eigenvalue weighted by atomic mass is 10.1. The second-order valence-corrected chi connectivity index (χ2v) is 7.48. The fourth-order valence-corrected chi connectivity index (χ4v) is 4.06. The average molecular weight is 407 g/mol. The van der Waals surface area contributed by atoms with Crippen molar-refractivity contribution in [2.45, 2.75) is 35.3 Å². The highest BCUT2D eigenvalue weighted by molar-refractivity contribution is 9.10. The maximum Gasteiger partial charge on any atom is 0.416 e. The SMILES string of the molecule is FC(F)(F)c1cccc(SC2CCOC(c3cc(Br)n[nH]3)C2)c1. The van der Waals surface area contributed by atoms with E-state index in [2.05, 4.69) is 26.1 Å². The smallest absolute Gasteiger partial charge is 0.372 e. The number of aromatic nitrogens is 2. The monoisotopic (exact) mass is 406 g/mol. The summed E-state index contributed by atoms with van der Waals surface area (Å²) in [6, 6.07) is 7.34. The van der Waals surface area contributed by atoms with Crippen molar-refractivity contribution in [2.24, 2.45) is 0 Å². The minimum atomic E-state index is -4.31. The molecule has 1 aliphatic heterocycles. The molecule has 0 bridgehead atoms. The molecule has 1 saturated heterocycles. The van der Waals surface area contributed by atoms with Crippen molar-refractivity contribution in [1.29, 1.82) is 0 Å². The first kappa shape index (κ1) is 16.9. The van der Waals surface area contributed by atoms with Crippen molar-refractivity contribution >= 4 is 27.7 Å². The molecule has 2 atom stereocenters. The molecule has 3 rings (SSSR count). The van der Waals surface area contributed by atoms with Crippen LogP contribution in [0.3, 0.4) is 0 Å². The summed E-state index contributed by atoms with van der Waals surface area (Å²) in [4.78, 5) is 0.635. The van der Waals surface area contributed by atoms with Crippen molar-refractivity contribution in [3.63, 3.8) is 0 Å². The number of benzene rings is 1. The van der Waals surface area contributed by atoms with Crippen molar-refractivity contribution in [2.75, 3.05) is 6.61 Å². The average Bonchev–Trinajstić information content (AvgIpc) is 2.94. The van der Waals surface area contributed by atoms with Crippen LogP contribution in [0, 0.1) is 0 Å². The van der Waals surface area contributed by atoms with E-state index in [-0.39, 0.29) is 11.4 Å². The predicted octanol–water partition coefficient (Wildman–Crippen LogP) is 5.20. The van der Waals surface area contributed by atoms with Crippen LogP contribution in [-0.2, 0) is 10.9 Å². The first-order valence-electron chi connectivity index (χ1n) is 7.08. The summed E-state index contributed by atoms with van der Waals surface area (Å²) in [5.74, 6) is 0. The first-order chi connectivity index (χ1) is 10.9. The van der Waals surface area contributed by atoms with Gasteiger partial charge in [0.15, 0.2) is 0 Å². The van der Waals surface area contributed by atoms with E-state index >= 15 is 0 Å². The summed E-state index contributed by atoms with van der Waals surface area (Å²) >= 11 is 4.76. The summed E-state index contributed by atoms with van der Waals surface area (Å²) in [6.07, 6.45) is -2.87. The van der Waals surface area contributed by atoms with Gasteiger partial charge in [-0.25, -0.2) is 0 Å². The number of hydrogen-bond acceptors (Lipinski definition) is 3. The van der Waals surface area contributed by atoms with Gasteiger partial charge >= 0.3 is 6.18 Å². The Balaban J connectivity index is 1.68. The highest BCUT2D eigenvalue weighted by Gasteiger charge is 2.31. The Bertz CT molecular complexity index is 677. The molecular weight excluding hydrogens is 393 g/mol. The number of nitrogens with one attached hydrogen (secondary N) is 1. The van der Waals surface area contributed by atoms with E-state index in [1.807, 2.05) is 6.07 Å². The molecule has 1 aromatic heterocycles. The molecular formula is C15H14BrF3N2OS. The van der Waals surface area contributed by atoms with Gasteiger partial charge in [-0.1, -0.05) is 6.07 Å². The fourth-order valence-electron chi connectivity index (χ4n) is 2.50. The lowest BCUT2D eigenvalue weighted by Crippen LogP contribution is -2.21. The molecule has 1 N–H and O–H groups in total. The molecule has 1 aromatic carbocycles. The Morgan fingerprint density at radius 1 is 1.30 bits per heavy atom. The van der Waals surface area contributed by atoms with E-state index in [4.69, 9.17) is 4.74 Å². The van der Waals surface area contributed by atoms with Crippen LogP contribution in [0.25, 0.3) is 0 Å². The van der Waals surface area contributed by atoms with E-state index in [1.54, 1.807) is 6.07 Å². The Morgan fingerprint density at radius 2 is 2.13 bits per heavy atom. The number of H-pyrrole nitrogens is 1. The van der Waals surface area contributed by atoms with Gasteiger partial charge in [0.2, 0.25) is 0 Å². The van der Waals surface area contributed by atoms with Crippen molar-refractivity contribution in [1.82, 2.24) is 10.2 Å². The minimum Gasteiger partial charge on any atom is -0.372 e. The molecule has 0 aliphatic carbocycles. The molecule has 8 heteroatoms. The topological polar surface area (TPSA) is 37.9 Å². The zero-order valence-electron chi connectivity index (χ0n) is 11.9. The molecule has 2 aromatic rings. The Labute approximate surface area is 144 Å². The summed E-state index contributed by atoms with van der Waals surface area (Å²) in [5, 5.41) is 7.14. The predicted molar refractivity (Wildman–Crippen MR) is 85.3 cm³/mol. The van der Waals surface area contributed by atoms with Gasteiger partial charge in [-0.2, -0.15) is 18.3 Å². The van der Waals surface area contributed by atoms with E-state index in [0.717, 1.165) is 24.6 Å². The second-order valence-electron chi connectivity index (χ2n) is 5.30. The number of thioether (sulfide) groups is 1. The van der Waals surface area contributed by atoms with E-state index < -0.39 is 11.7 Å². The van der Waals surface area contributed by atoms with Gasteiger partial charge in [-0.3, -0.25) is 5.10 Å². The van der Waals surface area contributed by atoms with Gasteiger partial charge in [-0.05, 0) is 53.0 Å². The summed E-state index contributed by atoms with van der Waals surface area (Å²) in [7, 11) is 0. The number of nitrogens with zero attached hydrogens (tertiary/aromatic N) is 1. The highest BCUT2D eigenvalue weighted by atomic mass is 79.9. The quantitative estimate of drug-likeness (QED) is 0.760. The lowest BCUT2D eigenvalue weighted by Gasteiger charge is -2.28. The van der Waals surface area contributed by atoms with E-state index in [0.29, 0.717) is 16.1 Å². The van der Waals surface area contributed by atoms with E-state index in [9.17, 15) is 13.2 Å². The largest absolute Gasteiger partial charge is 0.416 e. The van der Waals surface area contributed by atoms with Gasteiger partial charge in [0.25, 0.3) is 0 Å². The molecule has 0 spiro atoms. The van der Waals surface area contributed by atoms with Crippen LogP contribution in [-0.4, -0.2) is 22.1 Å². The minimum absolute atomic E-state index is 0.106. The van der Waals surface area contributed by atoms with Crippen LogP contribution >= 0.6 is 27.7 Å². The van der Waals surface area contributed by atoms with Crippen LogP contribution < -0.4 is 0 Å². The second kappa shape index (κ2) is 6.86. The van der Waals surface area contributed by atoms with Crippen LogP contribution in [0.15, 0.2) is 39.8 Å². The number of aromatic amines is 1. The Kier molecular flexibility index (Phi) is 5.03. The molecule has 124 valence electrons. The normalized spacial score (nSPS) is 22.3. The third-order valence-electron chi connectivity index (χ3n) is 3.61. The number of rotatable bonds is 3. The molecule has 1 aliphatic rings. The molecule has 3 nitrogen and oxygen atoms in total. The lowest BCUT2D eigenvalue weighted by molar-refractivity contribution is -0.137. The Hall–Kier alpha value is -0.990. The molecule has 0 saturated carbocycles. The van der Waals surface area contributed by atoms with Gasteiger partial charge in [0, 0.05) is 16.8 Å². The van der Waals surface area contributed by atoms with Crippen LogP contribution in [0.4, 0.5) is 13.2 Å². The number of halogens is 4. The number of alkyl halides is 3. The maximum absolute atomic E-state index is 12.8. The summed E-state index contributed by atoms with van der Waals surface area (Å²) < 4.78 is 44.8. The van der Waals surface area contributed by atoms with Gasteiger partial charge in [0.1, 0.15) is 4.60 Å².